The van der Waals surface area contributed by atoms with Crippen LogP contribution in [0.15, 0.2) is 64.1 Å². The Balaban J connectivity index is 1.55. The van der Waals surface area contributed by atoms with E-state index in [-0.39, 0.29) is 12.5 Å². The average molecular weight is 338 g/mol. The van der Waals surface area contributed by atoms with Gasteiger partial charge in [-0.05, 0) is 43.3 Å². The topological polar surface area (TPSA) is 73.1 Å². The van der Waals surface area contributed by atoms with Gasteiger partial charge in [0.05, 0.1) is 7.11 Å². The van der Waals surface area contributed by atoms with Crippen LogP contribution in [-0.4, -0.2) is 25.3 Å². The fourth-order valence-corrected chi connectivity index (χ4v) is 2.21. The lowest BCUT2D eigenvalue weighted by Gasteiger charge is -2.06. The van der Waals surface area contributed by atoms with Crippen molar-refractivity contribution in [1.82, 2.24) is 5.43 Å². The monoisotopic (exact) mass is 338 g/mol. The van der Waals surface area contributed by atoms with Crippen molar-refractivity contribution in [3.05, 3.63) is 60.4 Å². The maximum atomic E-state index is 11.8. The molecule has 6 nitrogen and oxygen atoms in total. The summed E-state index contributed by atoms with van der Waals surface area (Å²) in [7, 11) is 1.59. The van der Waals surface area contributed by atoms with Gasteiger partial charge in [0, 0.05) is 5.39 Å². The summed E-state index contributed by atoms with van der Waals surface area (Å²) in [4.78, 5) is 11.8. The van der Waals surface area contributed by atoms with E-state index in [1.54, 1.807) is 38.3 Å². The predicted molar refractivity (Wildman–Crippen MR) is 95.1 cm³/mol. The number of nitrogens with one attached hydrogen (secondary N) is 1. The van der Waals surface area contributed by atoms with E-state index < -0.39 is 0 Å². The molecule has 0 aliphatic heterocycles. The molecule has 0 aliphatic rings. The second-order valence-corrected chi connectivity index (χ2v) is 5.34. The SMILES string of the molecule is COc1ccc(OCC(=O)N/N=C(\C)c2cc3ccccc3o2)cc1. The zero-order valence-electron chi connectivity index (χ0n) is 14.0. The van der Waals surface area contributed by atoms with E-state index in [1.807, 2.05) is 30.3 Å². The van der Waals surface area contributed by atoms with Crippen molar-refractivity contribution in [1.29, 1.82) is 0 Å². The van der Waals surface area contributed by atoms with Gasteiger partial charge in [0.2, 0.25) is 0 Å². The number of ether oxygens (including phenoxy) is 2. The lowest BCUT2D eigenvalue weighted by molar-refractivity contribution is -0.123. The van der Waals surface area contributed by atoms with Crippen molar-refractivity contribution in [3.8, 4) is 11.5 Å². The summed E-state index contributed by atoms with van der Waals surface area (Å²) in [6.45, 7) is 1.63. The number of amides is 1. The molecule has 25 heavy (non-hydrogen) atoms. The number of para-hydroxylation sites is 1. The molecular formula is C19H18N2O4. The van der Waals surface area contributed by atoms with Crippen LogP contribution in [-0.2, 0) is 4.79 Å². The van der Waals surface area contributed by atoms with Crippen molar-refractivity contribution >= 4 is 22.6 Å². The smallest absolute Gasteiger partial charge is 0.277 e. The molecule has 6 heteroatoms. The summed E-state index contributed by atoms with van der Waals surface area (Å²) in [6.07, 6.45) is 0. The van der Waals surface area contributed by atoms with Gasteiger partial charge < -0.3 is 13.9 Å². The minimum absolute atomic E-state index is 0.136. The summed E-state index contributed by atoms with van der Waals surface area (Å²) in [5.41, 5.74) is 3.81. The van der Waals surface area contributed by atoms with Gasteiger partial charge in [0.15, 0.2) is 12.4 Å². The van der Waals surface area contributed by atoms with Crippen LogP contribution in [0.1, 0.15) is 12.7 Å². The highest BCUT2D eigenvalue weighted by Gasteiger charge is 2.07. The van der Waals surface area contributed by atoms with Gasteiger partial charge in [0.25, 0.3) is 5.91 Å². The molecule has 0 bridgehead atoms. The highest BCUT2D eigenvalue weighted by atomic mass is 16.5. The van der Waals surface area contributed by atoms with Crippen LogP contribution in [0.4, 0.5) is 0 Å². The van der Waals surface area contributed by atoms with E-state index in [9.17, 15) is 4.79 Å². The molecule has 3 rings (SSSR count). The number of hydrogen-bond acceptors (Lipinski definition) is 5. The number of carbonyl (C=O) groups excluding carboxylic acids is 1. The van der Waals surface area contributed by atoms with Gasteiger partial charge in [-0.3, -0.25) is 4.79 Å². The Morgan fingerprint density at radius 1 is 1.12 bits per heavy atom. The molecule has 0 unspecified atom stereocenters. The Morgan fingerprint density at radius 3 is 2.56 bits per heavy atom. The van der Waals surface area contributed by atoms with E-state index in [0.29, 0.717) is 17.2 Å². The number of fused-ring (bicyclic) bond motifs is 1. The summed E-state index contributed by atoms with van der Waals surface area (Å²) in [6, 6.07) is 16.5. The largest absolute Gasteiger partial charge is 0.497 e. The van der Waals surface area contributed by atoms with E-state index in [4.69, 9.17) is 13.9 Å². The normalized spacial score (nSPS) is 11.4. The first-order valence-corrected chi connectivity index (χ1v) is 7.74. The summed E-state index contributed by atoms with van der Waals surface area (Å²) >= 11 is 0. The van der Waals surface area contributed by atoms with Crippen molar-refractivity contribution < 1.29 is 18.7 Å². The second-order valence-electron chi connectivity index (χ2n) is 5.34. The number of hydrogen-bond donors (Lipinski definition) is 1. The Bertz CT molecular complexity index is 864. The minimum Gasteiger partial charge on any atom is -0.497 e. The number of rotatable bonds is 6. The molecule has 128 valence electrons. The number of benzene rings is 2. The fourth-order valence-electron chi connectivity index (χ4n) is 2.21. The molecule has 0 fully saturated rings. The van der Waals surface area contributed by atoms with Crippen LogP contribution >= 0.6 is 0 Å². The van der Waals surface area contributed by atoms with Crippen LogP contribution < -0.4 is 14.9 Å². The van der Waals surface area contributed by atoms with Crippen molar-refractivity contribution in [2.24, 2.45) is 5.10 Å². The minimum atomic E-state index is -0.355. The van der Waals surface area contributed by atoms with Crippen LogP contribution in [0, 0.1) is 0 Å². The van der Waals surface area contributed by atoms with Gasteiger partial charge in [0.1, 0.15) is 22.8 Å². The van der Waals surface area contributed by atoms with Crippen molar-refractivity contribution in [2.45, 2.75) is 6.92 Å². The molecule has 0 atom stereocenters. The zero-order chi connectivity index (χ0) is 17.6. The lowest BCUT2D eigenvalue weighted by atomic mass is 10.2. The van der Waals surface area contributed by atoms with Gasteiger partial charge in [-0.2, -0.15) is 5.10 Å². The van der Waals surface area contributed by atoms with Crippen LogP contribution in [0.5, 0.6) is 11.5 Å². The molecule has 0 saturated carbocycles. The van der Waals surface area contributed by atoms with Gasteiger partial charge in [-0.1, -0.05) is 18.2 Å². The molecule has 1 amide bonds. The van der Waals surface area contributed by atoms with E-state index in [1.165, 1.54) is 0 Å². The summed E-state index contributed by atoms with van der Waals surface area (Å²) in [5.74, 6) is 1.56. The number of nitrogens with zero attached hydrogens (tertiary/aromatic N) is 1. The number of hydrazone groups is 1. The third-order valence-corrected chi connectivity index (χ3v) is 3.56. The molecule has 2 aromatic carbocycles. The Labute approximate surface area is 145 Å². The van der Waals surface area contributed by atoms with E-state index >= 15 is 0 Å². The van der Waals surface area contributed by atoms with Gasteiger partial charge in [-0.25, -0.2) is 5.43 Å². The molecule has 3 aromatic rings. The summed E-state index contributed by atoms with van der Waals surface area (Å²) in [5, 5.41) is 5.04. The third-order valence-electron chi connectivity index (χ3n) is 3.56. The lowest BCUT2D eigenvalue weighted by Crippen LogP contribution is -2.25. The van der Waals surface area contributed by atoms with Crippen LogP contribution in [0.2, 0.25) is 0 Å². The number of carbonyl (C=O) groups is 1. The van der Waals surface area contributed by atoms with Gasteiger partial charge in [-0.15, -0.1) is 0 Å². The number of methoxy groups -OCH3 is 1. The standard InChI is InChI=1S/C19H18N2O4/c1-13(18-11-14-5-3-4-6-17(14)25-18)20-21-19(22)12-24-16-9-7-15(23-2)8-10-16/h3-11H,12H2,1-2H3,(H,21,22)/b20-13+. The highest BCUT2D eigenvalue weighted by Crippen LogP contribution is 2.19. The van der Waals surface area contributed by atoms with Crippen LogP contribution in [0.25, 0.3) is 11.0 Å². The molecule has 1 N–H and O–H groups in total. The quantitative estimate of drug-likeness (QED) is 0.552. The highest BCUT2D eigenvalue weighted by molar-refractivity contribution is 6.00. The van der Waals surface area contributed by atoms with E-state index in [0.717, 1.165) is 16.7 Å². The first kappa shape index (κ1) is 16.6. The predicted octanol–water partition coefficient (Wildman–Crippen LogP) is 3.36. The van der Waals surface area contributed by atoms with Crippen molar-refractivity contribution in [2.75, 3.05) is 13.7 Å². The maximum absolute atomic E-state index is 11.8. The molecule has 0 radical (unpaired) electrons. The zero-order valence-corrected chi connectivity index (χ0v) is 14.0. The molecular weight excluding hydrogens is 320 g/mol. The Hall–Kier alpha value is -3.28. The molecule has 1 aromatic heterocycles. The first-order chi connectivity index (χ1) is 12.2. The van der Waals surface area contributed by atoms with E-state index in [2.05, 4.69) is 10.5 Å². The van der Waals surface area contributed by atoms with Crippen molar-refractivity contribution in [3.63, 3.8) is 0 Å². The summed E-state index contributed by atoms with van der Waals surface area (Å²) < 4.78 is 16.1. The average Bonchev–Trinajstić information content (AvgIpc) is 3.09. The number of furan rings is 1. The maximum Gasteiger partial charge on any atom is 0.277 e. The molecule has 0 saturated heterocycles. The van der Waals surface area contributed by atoms with Gasteiger partial charge >= 0.3 is 0 Å². The molecule has 1 heterocycles. The molecule has 0 spiro atoms. The first-order valence-electron chi connectivity index (χ1n) is 7.74. The Kier molecular flexibility index (Phi) is 4.99. The Morgan fingerprint density at radius 2 is 1.84 bits per heavy atom. The second kappa shape index (κ2) is 7.53. The fraction of sp³-hybridized carbons (Fsp3) is 0.158. The molecule has 0 aliphatic carbocycles. The third kappa shape index (κ3) is 4.17. The van der Waals surface area contributed by atoms with Crippen LogP contribution in [0.3, 0.4) is 0 Å².